The summed E-state index contributed by atoms with van der Waals surface area (Å²) in [5, 5.41) is 0. The number of hydrogen-bond donors (Lipinski definition) is 0. The van der Waals surface area contributed by atoms with E-state index in [1.807, 2.05) is 3.33 Å². The number of allylic oxidation sites excluding steroid dienone is 8. The largest absolute Gasteiger partial charge is 1.00 e. The molecule has 2 aliphatic carbocycles. The molecule has 0 aromatic carbocycles. The Balaban J connectivity index is 0.00000128. The van der Waals surface area contributed by atoms with Crippen LogP contribution in [0, 0.1) is 5.41 Å². The van der Waals surface area contributed by atoms with Crippen LogP contribution in [0.25, 0.3) is 0 Å². The van der Waals surface area contributed by atoms with Crippen LogP contribution in [-0.4, -0.2) is 0 Å². The van der Waals surface area contributed by atoms with Crippen molar-refractivity contribution in [2.24, 2.45) is 5.41 Å². The molecule has 0 heterocycles. The molecule has 0 radical (unpaired) electrons. The van der Waals surface area contributed by atoms with Crippen molar-refractivity contribution in [3.05, 3.63) is 42.6 Å². The van der Waals surface area contributed by atoms with Crippen molar-refractivity contribution in [1.82, 2.24) is 0 Å². The van der Waals surface area contributed by atoms with Crippen molar-refractivity contribution in [2.45, 2.75) is 33.6 Å². The third kappa shape index (κ3) is 2.69. The summed E-state index contributed by atoms with van der Waals surface area (Å²) < 4.78 is 3.58. The minimum atomic E-state index is -0.676. The zero-order valence-corrected chi connectivity index (χ0v) is 13.4. The normalized spacial score (nSPS) is 20.1. The predicted molar refractivity (Wildman–Crippen MR) is 64.3 cm³/mol. The van der Waals surface area contributed by atoms with Crippen molar-refractivity contribution >= 4 is 0 Å². The van der Waals surface area contributed by atoms with Crippen LogP contribution in [0.15, 0.2) is 42.6 Å². The van der Waals surface area contributed by atoms with Gasteiger partial charge in [0.05, 0.1) is 0 Å². The van der Waals surface area contributed by atoms with Gasteiger partial charge in [-0.25, -0.2) is 0 Å². The number of rotatable bonds is 2. The Kier molecular flexibility index (Phi) is 3.30. The van der Waals surface area contributed by atoms with Crippen LogP contribution < -0.4 is 0 Å². The van der Waals surface area contributed by atoms with Crippen molar-refractivity contribution < 1.29 is 25.8 Å². The molecule has 0 aromatic rings. The SMILES string of the molecule is CC(C)(C)C1=[C]([Hf][C]2=CC=CC2)CC=C1.[H-].[H-]. The molecule has 0 atom stereocenters. The van der Waals surface area contributed by atoms with Gasteiger partial charge in [-0.15, -0.1) is 0 Å². The maximum absolute atomic E-state index is 2.37. The van der Waals surface area contributed by atoms with Crippen LogP contribution in [0.4, 0.5) is 0 Å². The average molecular weight is 367 g/mol. The first-order valence-electron chi connectivity index (χ1n) is 5.60. The molecule has 0 nitrogen and oxygen atoms in total. The average Bonchev–Trinajstić information content (AvgIpc) is 2.73. The first-order valence-corrected chi connectivity index (χ1v) is 9.19. The molecule has 0 aromatic heterocycles. The topological polar surface area (TPSA) is 0 Å². The molecule has 2 aliphatic rings. The van der Waals surface area contributed by atoms with Gasteiger partial charge in [0.1, 0.15) is 0 Å². The Morgan fingerprint density at radius 3 is 2.60 bits per heavy atom. The Labute approximate surface area is 107 Å². The van der Waals surface area contributed by atoms with Gasteiger partial charge in [0, 0.05) is 0 Å². The van der Waals surface area contributed by atoms with Crippen molar-refractivity contribution in [1.29, 1.82) is 0 Å². The maximum Gasteiger partial charge on any atom is -1.00 e. The van der Waals surface area contributed by atoms with Gasteiger partial charge in [-0.05, 0) is 0 Å². The summed E-state index contributed by atoms with van der Waals surface area (Å²) in [6, 6.07) is 0. The maximum atomic E-state index is 2.37. The summed E-state index contributed by atoms with van der Waals surface area (Å²) in [6.45, 7) is 7.01. The van der Waals surface area contributed by atoms with E-state index in [9.17, 15) is 0 Å². The molecule has 1 heteroatoms. The Bertz CT molecular complexity index is 382. The van der Waals surface area contributed by atoms with E-state index in [0.29, 0.717) is 5.41 Å². The zero-order chi connectivity index (χ0) is 10.9. The molecule has 0 saturated carbocycles. The first kappa shape index (κ1) is 11.3. The minimum absolute atomic E-state index is 0. The second kappa shape index (κ2) is 4.37. The van der Waals surface area contributed by atoms with E-state index in [4.69, 9.17) is 0 Å². The Morgan fingerprint density at radius 2 is 2.00 bits per heavy atom. The summed E-state index contributed by atoms with van der Waals surface area (Å²) in [7, 11) is 0. The number of hydrogen-bond acceptors (Lipinski definition) is 0. The van der Waals surface area contributed by atoms with Gasteiger partial charge in [-0.2, -0.15) is 0 Å². The second-order valence-corrected chi connectivity index (χ2v) is 10.6. The third-order valence-corrected chi connectivity index (χ3v) is 8.09. The summed E-state index contributed by atoms with van der Waals surface area (Å²) in [6.07, 6.45) is 14.1. The standard InChI is InChI=1S/C9H13.C5H5.Hf.2H/c1-9(2,3)8-6-4-5-7-8;1-2-4-5-3-1;;;/h4,6H,5H2,1-3H3;1-3H,4H2;;;/q;;;2*-1. The molecule has 0 spiro atoms. The molecule has 0 N–H and O–H groups in total. The van der Waals surface area contributed by atoms with Crippen LogP contribution in [0.3, 0.4) is 0 Å². The van der Waals surface area contributed by atoms with Crippen LogP contribution in [0.5, 0.6) is 0 Å². The molecule has 0 aliphatic heterocycles. The summed E-state index contributed by atoms with van der Waals surface area (Å²) in [5.74, 6) is 0. The van der Waals surface area contributed by atoms with E-state index >= 15 is 0 Å². The first-order chi connectivity index (χ1) is 7.07. The van der Waals surface area contributed by atoms with Gasteiger partial charge < -0.3 is 2.85 Å². The summed E-state index contributed by atoms with van der Waals surface area (Å²) in [4.78, 5) is 0. The molecular weight excluding hydrogens is 347 g/mol. The molecule has 82 valence electrons. The van der Waals surface area contributed by atoms with Gasteiger partial charge >= 0.3 is 105 Å². The molecule has 0 saturated heterocycles. The van der Waals surface area contributed by atoms with Crippen molar-refractivity contribution in [3.63, 3.8) is 0 Å². The minimum Gasteiger partial charge on any atom is -1.00 e. The Hall–Kier alpha value is -0.170. The monoisotopic (exact) mass is 368 g/mol. The van der Waals surface area contributed by atoms with Gasteiger partial charge in [0.2, 0.25) is 0 Å². The van der Waals surface area contributed by atoms with E-state index in [-0.39, 0.29) is 2.85 Å². The fourth-order valence-electron chi connectivity index (χ4n) is 2.06. The molecule has 15 heavy (non-hydrogen) atoms. The predicted octanol–water partition coefficient (Wildman–Crippen LogP) is 4.40. The molecule has 2 rings (SSSR count). The second-order valence-electron chi connectivity index (χ2n) is 5.20. The summed E-state index contributed by atoms with van der Waals surface area (Å²) in [5.41, 5.74) is 1.99. The smallest absolute Gasteiger partial charge is 1.00 e. The Morgan fingerprint density at radius 1 is 1.20 bits per heavy atom. The molecular formula is C14H20Hf-2. The fraction of sp³-hybridized carbons (Fsp3) is 0.429. The van der Waals surface area contributed by atoms with Crippen molar-refractivity contribution in [3.8, 4) is 0 Å². The van der Waals surface area contributed by atoms with Crippen LogP contribution >= 0.6 is 0 Å². The summed E-state index contributed by atoms with van der Waals surface area (Å²) >= 11 is -0.676. The van der Waals surface area contributed by atoms with E-state index in [0.717, 1.165) is 0 Å². The van der Waals surface area contributed by atoms with E-state index in [2.05, 4.69) is 51.2 Å². The van der Waals surface area contributed by atoms with Gasteiger partial charge in [-0.1, -0.05) is 0 Å². The third-order valence-electron chi connectivity index (χ3n) is 2.82. The molecule has 0 bridgehead atoms. The quantitative estimate of drug-likeness (QED) is 0.635. The van der Waals surface area contributed by atoms with Crippen LogP contribution in [0.2, 0.25) is 0 Å². The van der Waals surface area contributed by atoms with Gasteiger partial charge in [0.15, 0.2) is 0 Å². The van der Waals surface area contributed by atoms with Gasteiger partial charge in [-0.3, -0.25) is 0 Å². The molecule has 0 unspecified atom stereocenters. The van der Waals surface area contributed by atoms with Gasteiger partial charge in [0.25, 0.3) is 0 Å². The van der Waals surface area contributed by atoms with Crippen LogP contribution in [0.1, 0.15) is 36.5 Å². The van der Waals surface area contributed by atoms with E-state index < -0.39 is 22.9 Å². The van der Waals surface area contributed by atoms with E-state index in [1.54, 1.807) is 8.90 Å². The van der Waals surface area contributed by atoms with Crippen molar-refractivity contribution in [2.75, 3.05) is 0 Å². The molecule has 0 amide bonds. The molecule has 0 fully saturated rings. The van der Waals surface area contributed by atoms with Crippen LogP contribution in [-0.2, 0) is 22.9 Å². The zero-order valence-electron chi connectivity index (χ0n) is 11.8. The fourth-order valence-corrected chi connectivity index (χ4v) is 7.81. The van der Waals surface area contributed by atoms with E-state index in [1.165, 1.54) is 12.8 Å².